The Labute approximate surface area is 493 Å². The Morgan fingerprint density at radius 3 is 0.553 bits per heavy atom. The molecular weight excluding hydrogens is 1040 g/mol. The SMILES string of the molecule is c1ccc(C2(c3ccccc3)c3cc(B4Oc5ccccc5O4)cc4c3N3c5c2cc(B2Oc6ccccc6O2)cc5C(c2ccccc2)(c2ccccc2)c2cc(B5Oc6ccccc6O5)cc(c23)C4(c2ccccc2)c2ccccc2)cc1. The molecule has 0 bridgehead atoms. The molecule has 0 aliphatic carbocycles. The van der Waals surface area contributed by atoms with E-state index in [1.165, 1.54) is 0 Å². The van der Waals surface area contributed by atoms with Crippen LogP contribution in [-0.4, -0.2) is 21.4 Å². The summed E-state index contributed by atoms with van der Waals surface area (Å²) in [7, 11) is -2.41. The van der Waals surface area contributed by atoms with Crippen molar-refractivity contribution in [2.75, 3.05) is 4.90 Å². The van der Waals surface area contributed by atoms with Crippen molar-refractivity contribution in [3.05, 3.63) is 358 Å². The van der Waals surface area contributed by atoms with Gasteiger partial charge in [0.05, 0.1) is 33.3 Å². The van der Waals surface area contributed by atoms with Crippen LogP contribution in [0.2, 0.25) is 0 Å². The van der Waals surface area contributed by atoms with E-state index in [2.05, 4.69) is 223 Å². The molecule has 10 heteroatoms. The lowest BCUT2D eigenvalue weighted by atomic mass is 9.50. The number of anilines is 3. The molecule has 0 atom stereocenters. The van der Waals surface area contributed by atoms with E-state index in [4.69, 9.17) is 27.9 Å². The van der Waals surface area contributed by atoms with E-state index in [-0.39, 0.29) is 0 Å². The number of nitrogens with zero attached hydrogens (tertiary/aromatic N) is 1. The van der Waals surface area contributed by atoms with Gasteiger partial charge in [-0.1, -0.05) is 255 Å². The predicted octanol–water partition coefficient (Wildman–Crippen LogP) is 13.7. The van der Waals surface area contributed by atoms with Crippen molar-refractivity contribution < 1.29 is 27.9 Å². The highest BCUT2D eigenvalue weighted by molar-refractivity contribution is 6.65. The summed E-state index contributed by atoms with van der Waals surface area (Å²) >= 11 is 0. The fourth-order valence-electron chi connectivity index (χ4n) is 15.2. The summed E-state index contributed by atoms with van der Waals surface area (Å²) in [5.74, 6) is 4.15. The van der Waals surface area contributed by atoms with E-state index in [0.717, 1.165) is 100 Å². The summed E-state index contributed by atoms with van der Waals surface area (Å²) in [6, 6.07) is 105. The van der Waals surface area contributed by atoms with Gasteiger partial charge in [-0.15, -0.1) is 0 Å². The van der Waals surface area contributed by atoms with Crippen LogP contribution in [0.4, 0.5) is 17.1 Å². The van der Waals surface area contributed by atoms with Crippen molar-refractivity contribution in [2.45, 2.75) is 16.2 Å². The monoisotopic (exact) mass is 1090 g/mol. The lowest BCUT2D eigenvalue weighted by Gasteiger charge is -2.58. The molecule has 12 aromatic carbocycles. The Bertz CT molecular complexity index is 3910. The van der Waals surface area contributed by atoms with Crippen molar-refractivity contribution in [2.24, 2.45) is 0 Å². The molecule has 0 saturated heterocycles. The average Bonchev–Trinajstić information content (AvgIpc) is 0.713. The normalized spacial score (nSPS) is 15.8. The number of hydrogen-bond donors (Lipinski definition) is 0. The smallest absolute Gasteiger partial charge is 0.519 e. The van der Waals surface area contributed by atoms with Gasteiger partial charge in [0.25, 0.3) is 0 Å². The standard InChI is InChI=1S/C75H48B3NO6/c1-7-25-49(26-8-1)73(50-27-9-2-10-28-50)58-43-55(76-80-64-37-19-20-38-65(64)81-76)45-60-70(58)79-71-59(73)44-56(77-82-66-39-21-22-40-67(66)83-77)46-61(71)75(53-33-15-5-16-34-53,54-35-17-6-18-36-54)63-48-57(78-84-68-41-23-24-42-69(68)85-78)47-62(72(63)79)74(60,51-29-11-3-12-30-51)52-31-13-4-14-32-52/h1-48H. The van der Waals surface area contributed by atoms with Crippen molar-refractivity contribution in [3.8, 4) is 34.5 Å². The summed E-state index contributed by atoms with van der Waals surface area (Å²) in [5.41, 5.74) is 15.6. The number of hydrogen-bond acceptors (Lipinski definition) is 7. The first-order chi connectivity index (χ1) is 42.1. The molecule has 6 aliphatic rings. The summed E-state index contributed by atoms with van der Waals surface area (Å²) in [6.45, 7) is 0. The molecular formula is C75H48B3NO6. The molecule has 0 aromatic heterocycles. The van der Waals surface area contributed by atoms with Crippen LogP contribution < -0.4 is 49.2 Å². The predicted molar refractivity (Wildman–Crippen MR) is 336 cm³/mol. The van der Waals surface area contributed by atoms with Crippen LogP contribution >= 0.6 is 0 Å². The highest BCUT2D eigenvalue weighted by Gasteiger charge is 2.62. The van der Waals surface area contributed by atoms with E-state index in [0.29, 0.717) is 34.5 Å². The topological polar surface area (TPSA) is 58.6 Å². The third kappa shape index (κ3) is 6.59. The van der Waals surface area contributed by atoms with E-state index in [9.17, 15) is 0 Å². The van der Waals surface area contributed by atoms with Gasteiger partial charge in [-0.3, -0.25) is 0 Å². The van der Waals surface area contributed by atoms with Crippen LogP contribution in [0.5, 0.6) is 34.5 Å². The van der Waals surface area contributed by atoms with Gasteiger partial charge in [-0.2, -0.15) is 0 Å². The average molecular weight is 1090 g/mol. The number of para-hydroxylation sites is 6. The molecule has 0 N–H and O–H groups in total. The molecule has 398 valence electrons. The zero-order chi connectivity index (χ0) is 55.8. The van der Waals surface area contributed by atoms with E-state index < -0.39 is 37.6 Å². The summed E-state index contributed by atoms with van der Waals surface area (Å²) in [6.07, 6.45) is 0. The molecule has 7 nitrogen and oxygen atoms in total. The van der Waals surface area contributed by atoms with E-state index in [1.807, 2.05) is 72.8 Å². The molecule has 0 amide bonds. The third-order valence-corrected chi connectivity index (χ3v) is 18.5. The lowest BCUT2D eigenvalue weighted by molar-refractivity contribution is 0.518. The van der Waals surface area contributed by atoms with Gasteiger partial charge in [-0.25, -0.2) is 0 Å². The van der Waals surface area contributed by atoms with Crippen LogP contribution in [-0.2, 0) is 16.2 Å². The van der Waals surface area contributed by atoms with Gasteiger partial charge >= 0.3 is 21.4 Å². The maximum atomic E-state index is 7.01. The molecule has 0 radical (unpaired) electrons. The first kappa shape index (κ1) is 48.0. The number of benzene rings is 12. The van der Waals surface area contributed by atoms with Gasteiger partial charge in [0.1, 0.15) is 34.5 Å². The maximum Gasteiger partial charge on any atom is 0.632 e. The molecule has 0 unspecified atom stereocenters. The number of rotatable bonds is 9. The number of fused-ring (bicyclic) bond motifs is 3. The van der Waals surface area contributed by atoms with Crippen LogP contribution in [0.15, 0.2) is 291 Å². The molecule has 6 aliphatic heterocycles. The largest absolute Gasteiger partial charge is 0.632 e. The molecule has 6 heterocycles. The highest BCUT2D eigenvalue weighted by Crippen LogP contribution is 2.71. The van der Waals surface area contributed by atoms with Gasteiger partial charge in [0.2, 0.25) is 0 Å². The second-order valence-electron chi connectivity index (χ2n) is 22.7. The van der Waals surface area contributed by atoms with E-state index >= 15 is 0 Å². The second-order valence-corrected chi connectivity index (χ2v) is 22.7. The van der Waals surface area contributed by atoms with Crippen LogP contribution in [0, 0.1) is 0 Å². The van der Waals surface area contributed by atoms with Gasteiger partial charge in [0, 0.05) is 16.4 Å². The van der Waals surface area contributed by atoms with E-state index in [1.54, 1.807) is 0 Å². The zero-order valence-corrected chi connectivity index (χ0v) is 45.8. The molecule has 85 heavy (non-hydrogen) atoms. The van der Waals surface area contributed by atoms with Gasteiger partial charge < -0.3 is 32.8 Å². The van der Waals surface area contributed by atoms with Gasteiger partial charge in [-0.05, 0) is 103 Å². The Balaban J connectivity index is 1.09. The molecule has 0 fully saturated rings. The summed E-state index contributed by atoms with van der Waals surface area (Å²) in [5, 5.41) is 0. The van der Waals surface area contributed by atoms with Crippen molar-refractivity contribution >= 4 is 54.8 Å². The first-order valence-electron chi connectivity index (χ1n) is 29.1. The lowest BCUT2D eigenvalue weighted by Crippen LogP contribution is -2.53. The first-order valence-corrected chi connectivity index (χ1v) is 29.1. The van der Waals surface area contributed by atoms with Crippen molar-refractivity contribution in [1.82, 2.24) is 0 Å². The maximum absolute atomic E-state index is 7.01. The minimum Gasteiger partial charge on any atom is -0.519 e. The fraction of sp³-hybridized carbons (Fsp3) is 0.0400. The summed E-state index contributed by atoms with van der Waals surface area (Å²) in [4.78, 5) is 2.64. The Morgan fingerprint density at radius 2 is 0.376 bits per heavy atom. The van der Waals surface area contributed by atoms with Crippen LogP contribution in [0.3, 0.4) is 0 Å². The quantitative estimate of drug-likeness (QED) is 0.134. The third-order valence-electron chi connectivity index (χ3n) is 18.5. The zero-order valence-electron chi connectivity index (χ0n) is 45.8. The van der Waals surface area contributed by atoms with Gasteiger partial charge in [0.15, 0.2) is 0 Å². The molecule has 0 saturated carbocycles. The Morgan fingerprint density at radius 1 is 0.212 bits per heavy atom. The van der Waals surface area contributed by atoms with Crippen molar-refractivity contribution in [1.29, 1.82) is 0 Å². The second kappa shape index (κ2) is 18.2. The molecule has 12 aromatic rings. The highest BCUT2D eigenvalue weighted by atomic mass is 16.6. The Hall–Kier alpha value is -10.6. The van der Waals surface area contributed by atoms with Crippen LogP contribution in [0.25, 0.3) is 0 Å². The summed E-state index contributed by atoms with van der Waals surface area (Å²) < 4.78 is 42.1. The fourth-order valence-corrected chi connectivity index (χ4v) is 15.2. The molecule has 18 rings (SSSR count). The molecule has 0 spiro atoms. The minimum absolute atomic E-state index is 0.692. The Kier molecular flexibility index (Phi) is 10.3. The minimum atomic E-state index is -1.04. The van der Waals surface area contributed by atoms with Crippen molar-refractivity contribution in [3.63, 3.8) is 0 Å². The van der Waals surface area contributed by atoms with Crippen LogP contribution in [0.1, 0.15) is 66.8 Å².